The van der Waals surface area contributed by atoms with Crippen LogP contribution < -0.4 is 5.32 Å². The lowest BCUT2D eigenvalue weighted by Gasteiger charge is -2.29. The number of nitrogens with one attached hydrogen (secondary N) is 1. The zero-order valence-electron chi connectivity index (χ0n) is 9.39. The van der Waals surface area contributed by atoms with Gasteiger partial charge in [0.05, 0.1) is 0 Å². The van der Waals surface area contributed by atoms with Gasteiger partial charge in [-0.3, -0.25) is 0 Å². The van der Waals surface area contributed by atoms with Crippen LogP contribution in [0.25, 0.3) is 0 Å². The average molecular weight is 224 g/mol. The lowest BCUT2D eigenvalue weighted by atomic mass is 9.80. The highest BCUT2D eigenvalue weighted by Crippen LogP contribution is 2.31. The largest absolute Gasteiger partial charge is 0.317 e. The summed E-state index contributed by atoms with van der Waals surface area (Å²) in [5, 5.41) is 4.29. The monoisotopic (exact) mass is 223 g/mol. The van der Waals surface area contributed by atoms with E-state index in [1.807, 2.05) is 13.1 Å². The first-order chi connectivity index (χ1) is 7.22. The minimum atomic E-state index is 0.578. The number of rotatable bonds is 2. The van der Waals surface area contributed by atoms with E-state index < -0.39 is 0 Å². The van der Waals surface area contributed by atoms with Gasteiger partial charge in [0.25, 0.3) is 0 Å². The zero-order chi connectivity index (χ0) is 10.8. The van der Waals surface area contributed by atoms with Gasteiger partial charge in [0, 0.05) is 11.1 Å². The molecule has 15 heavy (non-hydrogen) atoms. The van der Waals surface area contributed by atoms with Crippen LogP contribution in [0.1, 0.15) is 24.5 Å². The van der Waals surface area contributed by atoms with E-state index in [2.05, 4.69) is 24.4 Å². The predicted molar refractivity (Wildman–Crippen MR) is 65.5 cm³/mol. The fourth-order valence-electron chi connectivity index (χ4n) is 2.43. The van der Waals surface area contributed by atoms with Crippen molar-refractivity contribution >= 4 is 11.6 Å². The fraction of sp³-hybridized carbons (Fsp3) is 0.538. The maximum atomic E-state index is 6.23. The van der Waals surface area contributed by atoms with Gasteiger partial charge in [-0.15, -0.1) is 0 Å². The van der Waals surface area contributed by atoms with Crippen molar-refractivity contribution in [3.05, 3.63) is 34.3 Å². The van der Waals surface area contributed by atoms with Crippen molar-refractivity contribution in [2.45, 2.75) is 32.2 Å². The fourth-order valence-corrected chi connectivity index (χ4v) is 2.71. The minimum Gasteiger partial charge on any atom is -0.317 e. The minimum absolute atomic E-state index is 0.578. The standard InChI is InChI=1S/C13H18ClN/c1-9(15-2)11-7-6-10-4-3-5-13(14)12(10)8-11/h3-5,9,11,15H,6-8H2,1-2H3. The summed E-state index contributed by atoms with van der Waals surface area (Å²) < 4.78 is 0. The molecule has 1 aliphatic rings. The van der Waals surface area contributed by atoms with Crippen LogP contribution in [0.2, 0.25) is 5.02 Å². The molecule has 1 aromatic carbocycles. The molecule has 0 heterocycles. The molecule has 2 heteroatoms. The Hall–Kier alpha value is -0.530. The lowest BCUT2D eigenvalue weighted by Crippen LogP contribution is -2.34. The second kappa shape index (κ2) is 4.54. The van der Waals surface area contributed by atoms with Gasteiger partial charge < -0.3 is 5.32 Å². The summed E-state index contributed by atoms with van der Waals surface area (Å²) in [6.07, 6.45) is 3.57. The molecule has 0 aromatic heterocycles. The Labute approximate surface area is 96.8 Å². The summed E-state index contributed by atoms with van der Waals surface area (Å²) >= 11 is 6.23. The molecule has 2 rings (SSSR count). The van der Waals surface area contributed by atoms with Gasteiger partial charge in [0.1, 0.15) is 0 Å². The second-order valence-corrected chi connectivity index (χ2v) is 4.86. The van der Waals surface area contributed by atoms with Crippen molar-refractivity contribution in [3.8, 4) is 0 Å². The molecule has 1 nitrogen and oxygen atoms in total. The predicted octanol–water partition coefficient (Wildman–Crippen LogP) is 3.05. The molecule has 0 spiro atoms. The van der Waals surface area contributed by atoms with Crippen molar-refractivity contribution in [2.75, 3.05) is 7.05 Å². The van der Waals surface area contributed by atoms with Gasteiger partial charge in [-0.1, -0.05) is 23.7 Å². The summed E-state index contributed by atoms with van der Waals surface area (Å²) in [7, 11) is 2.03. The number of halogens is 1. The van der Waals surface area contributed by atoms with Gasteiger partial charge in [0.2, 0.25) is 0 Å². The van der Waals surface area contributed by atoms with E-state index in [9.17, 15) is 0 Å². The normalized spacial score (nSPS) is 22.2. The Balaban J connectivity index is 2.22. The molecule has 1 aromatic rings. The van der Waals surface area contributed by atoms with Crippen LogP contribution in [0, 0.1) is 5.92 Å². The maximum absolute atomic E-state index is 6.23. The van der Waals surface area contributed by atoms with Crippen LogP contribution in [0.3, 0.4) is 0 Å². The van der Waals surface area contributed by atoms with Crippen LogP contribution in [0.5, 0.6) is 0 Å². The summed E-state index contributed by atoms with van der Waals surface area (Å²) in [5.41, 5.74) is 2.82. The van der Waals surface area contributed by atoms with Crippen LogP contribution >= 0.6 is 11.6 Å². The molecule has 0 radical (unpaired) electrons. The highest BCUT2D eigenvalue weighted by atomic mass is 35.5. The molecule has 1 aliphatic carbocycles. The van der Waals surface area contributed by atoms with Gasteiger partial charge >= 0.3 is 0 Å². The number of benzene rings is 1. The van der Waals surface area contributed by atoms with E-state index in [-0.39, 0.29) is 0 Å². The van der Waals surface area contributed by atoms with Gasteiger partial charge in [0.15, 0.2) is 0 Å². The maximum Gasteiger partial charge on any atom is 0.0440 e. The third-order valence-corrected chi connectivity index (χ3v) is 3.98. The topological polar surface area (TPSA) is 12.0 Å². The molecule has 82 valence electrons. The van der Waals surface area contributed by atoms with Crippen LogP contribution in [0.15, 0.2) is 18.2 Å². The molecule has 0 fully saturated rings. The summed E-state index contributed by atoms with van der Waals surface area (Å²) in [4.78, 5) is 0. The Kier molecular flexibility index (Phi) is 3.32. The molecule has 2 unspecified atom stereocenters. The average Bonchev–Trinajstić information content (AvgIpc) is 2.28. The Morgan fingerprint density at radius 2 is 2.27 bits per heavy atom. The quantitative estimate of drug-likeness (QED) is 0.813. The third-order valence-electron chi connectivity index (χ3n) is 3.63. The van der Waals surface area contributed by atoms with E-state index in [4.69, 9.17) is 11.6 Å². The summed E-state index contributed by atoms with van der Waals surface area (Å²) in [6.45, 7) is 2.26. The first-order valence-electron chi connectivity index (χ1n) is 5.66. The first-order valence-corrected chi connectivity index (χ1v) is 6.03. The van der Waals surface area contributed by atoms with E-state index in [1.54, 1.807) is 0 Å². The molecule has 0 saturated heterocycles. The molecular weight excluding hydrogens is 206 g/mol. The smallest absolute Gasteiger partial charge is 0.0440 e. The number of fused-ring (bicyclic) bond motifs is 1. The molecule has 1 N–H and O–H groups in total. The Morgan fingerprint density at radius 3 is 3.00 bits per heavy atom. The lowest BCUT2D eigenvalue weighted by molar-refractivity contribution is 0.355. The van der Waals surface area contributed by atoms with Crippen molar-refractivity contribution < 1.29 is 0 Å². The molecule has 0 saturated carbocycles. The van der Waals surface area contributed by atoms with Crippen molar-refractivity contribution in [1.82, 2.24) is 5.32 Å². The van der Waals surface area contributed by atoms with E-state index in [0.717, 1.165) is 17.4 Å². The molecule has 0 aliphatic heterocycles. The summed E-state index contributed by atoms with van der Waals surface area (Å²) in [5.74, 6) is 0.724. The second-order valence-electron chi connectivity index (χ2n) is 4.46. The Morgan fingerprint density at radius 1 is 1.47 bits per heavy atom. The SMILES string of the molecule is CNC(C)C1CCc2cccc(Cl)c2C1. The number of aryl methyl sites for hydroxylation is 1. The van der Waals surface area contributed by atoms with Crippen LogP contribution in [0.4, 0.5) is 0 Å². The third kappa shape index (κ3) is 2.19. The molecule has 2 atom stereocenters. The van der Waals surface area contributed by atoms with Crippen molar-refractivity contribution in [1.29, 1.82) is 0 Å². The van der Waals surface area contributed by atoms with E-state index in [1.165, 1.54) is 24.0 Å². The van der Waals surface area contributed by atoms with Crippen molar-refractivity contribution in [2.24, 2.45) is 5.92 Å². The van der Waals surface area contributed by atoms with Gasteiger partial charge in [-0.2, -0.15) is 0 Å². The van der Waals surface area contributed by atoms with E-state index >= 15 is 0 Å². The Bertz CT molecular complexity index is 348. The number of hydrogen-bond donors (Lipinski definition) is 1. The van der Waals surface area contributed by atoms with E-state index in [0.29, 0.717) is 6.04 Å². The first kappa shape index (κ1) is 11.0. The summed E-state index contributed by atoms with van der Waals surface area (Å²) in [6, 6.07) is 6.85. The van der Waals surface area contributed by atoms with Crippen LogP contribution in [-0.2, 0) is 12.8 Å². The molecular formula is C13H18ClN. The highest BCUT2D eigenvalue weighted by molar-refractivity contribution is 6.31. The highest BCUT2D eigenvalue weighted by Gasteiger charge is 2.23. The van der Waals surface area contributed by atoms with Crippen molar-refractivity contribution in [3.63, 3.8) is 0 Å². The van der Waals surface area contributed by atoms with Crippen LogP contribution in [-0.4, -0.2) is 13.1 Å². The number of hydrogen-bond acceptors (Lipinski definition) is 1. The van der Waals surface area contributed by atoms with Gasteiger partial charge in [-0.05, 0) is 56.3 Å². The molecule has 0 amide bonds. The van der Waals surface area contributed by atoms with Gasteiger partial charge in [-0.25, -0.2) is 0 Å². The zero-order valence-corrected chi connectivity index (χ0v) is 10.1. The molecule has 0 bridgehead atoms.